The number of carbonyl (C=O) groups excluding carboxylic acids is 1. The van der Waals surface area contributed by atoms with E-state index in [1.165, 1.54) is 5.56 Å². The molecule has 3 nitrogen and oxygen atoms in total. The maximum absolute atomic E-state index is 11.7. The Kier molecular flexibility index (Phi) is 1.80. The highest BCUT2D eigenvalue weighted by molar-refractivity contribution is 5.82. The number of hydrogen-bond donors (Lipinski definition) is 1. The average molecular weight is 219 g/mol. The number of rotatable bonds is 0. The van der Waals surface area contributed by atoms with Gasteiger partial charge in [0.05, 0.1) is 6.26 Å². The Balaban J connectivity index is 2.17. The molecule has 1 fully saturated rings. The highest BCUT2D eigenvalue weighted by Gasteiger charge is 2.55. The fraction of sp³-hybridized carbons (Fsp3) is 0.615. The second-order valence-corrected chi connectivity index (χ2v) is 5.54. The zero-order valence-corrected chi connectivity index (χ0v) is 9.80. The predicted octanol–water partition coefficient (Wildman–Crippen LogP) is 2.15. The maximum Gasteiger partial charge on any atom is 0.221 e. The molecule has 2 aliphatic rings. The van der Waals surface area contributed by atoms with Crippen LogP contribution in [0.5, 0.6) is 0 Å². The molecule has 0 aromatic carbocycles. The van der Waals surface area contributed by atoms with E-state index in [0.717, 1.165) is 25.0 Å². The lowest BCUT2D eigenvalue weighted by Gasteiger charge is -2.42. The summed E-state index contributed by atoms with van der Waals surface area (Å²) in [6.07, 6.45) is 5.56. The van der Waals surface area contributed by atoms with Gasteiger partial charge in [-0.25, -0.2) is 0 Å². The fourth-order valence-electron chi connectivity index (χ4n) is 3.49. The zero-order chi connectivity index (χ0) is 11.4. The van der Waals surface area contributed by atoms with Gasteiger partial charge in [-0.2, -0.15) is 0 Å². The van der Waals surface area contributed by atoms with Crippen LogP contribution in [-0.2, 0) is 16.6 Å². The van der Waals surface area contributed by atoms with E-state index in [0.29, 0.717) is 6.42 Å². The van der Waals surface area contributed by atoms with E-state index in [2.05, 4.69) is 25.2 Å². The third kappa shape index (κ3) is 1.06. The molecule has 2 heterocycles. The van der Waals surface area contributed by atoms with Crippen LogP contribution in [0.15, 0.2) is 16.7 Å². The van der Waals surface area contributed by atoms with Crippen molar-refractivity contribution < 1.29 is 9.21 Å². The second kappa shape index (κ2) is 2.90. The van der Waals surface area contributed by atoms with Crippen LogP contribution in [0, 0.1) is 0 Å². The van der Waals surface area contributed by atoms with Crippen LogP contribution in [0.4, 0.5) is 0 Å². The standard InChI is InChI=1S/C13H17NO2/c1-12(2)13(8-11(15)14-12)6-3-4-10-9(13)5-7-16-10/h5,7H,3-4,6,8H2,1-2H3,(H,14,15). The van der Waals surface area contributed by atoms with Crippen molar-refractivity contribution in [3.8, 4) is 0 Å². The number of fused-ring (bicyclic) bond motifs is 2. The topological polar surface area (TPSA) is 42.2 Å². The molecule has 16 heavy (non-hydrogen) atoms. The lowest BCUT2D eigenvalue weighted by Crippen LogP contribution is -2.51. The van der Waals surface area contributed by atoms with Crippen molar-refractivity contribution >= 4 is 5.91 Å². The normalized spacial score (nSPS) is 31.5. The molecule has 0 radical (unpaired) electrons. The Bertz CT molecular complexity index is 447. The zero-order valence-electron chi connectivity index (χ0n) is 9.80. The predicted molar refractivity (Wildman–Crippen MR) is 60.2 cm³/mol. The quantitative estimate of drug-likeness (QED) is 0.726. The summed E-state index contributed by atoms with van der Waals surface area (Å²) in [4.78, 5) is 11.7. The lowest BCUT2D eigenvalue weighted by atomic mass is 9.62. The summed E-state index contributed by atoms with van der Waals surface area (Å²) in [5.41, 5.74) is 1.04. The van der Waals surface area contributed by atoms with Crippen LogP contribution in [-0.4, -0.2) is 11.4 Å². The van der Waals surface area contributed by atoms with Crippen molar-refractivity contribution in [3.63, 3.8) is 0 Å². The highest BCUT2D eigenvalue weighted by atomic mass is 16.3. The van der Waals surface area contributed by atoms with Gasteiger partial charge < -0.3 is 9.73 Å². The van der Waals surface area contributed by atoms with Gasteiger partial charge in [-0.1, -0.05) is 0 Å². The van der Waals surface area contributed by atoms with Crippen LogP contribution in [0.25, 0.3) is 0 Å². The highest BCUT2D eigenvalue weighted by Crippen LogP contribution is 2.50. The van der Waals surface area contributed by atoms with Crippen molar-refractivity contribution in [2.45, 2.75) is 50.5 Å². The third-order valence-electron chi connectivity index (χ3n) is 4.38. The number of amides is 1. The third-order valence-corrected chi connectivity index (χ3v) is 4.38. The first-order valence-corrected chi connectivity index (χ1v) is 5.93. The van der Waals surface area contributed by atoms with Gasteiger partial charge in [0, 0.05) is 29.4 Å². The molecule has 1 aliphatic carbocycles. The van der Waals surface area contributed by atoms with Gasteiger partial charge in [0.2, 0.25) is 5.91 Å². The van der Waals surface area contributed by atoms with Gasteiger partial charge in [-0.05, 0) is 32.8 Å². The Morgan fingerprint density at radius 1 is 1.44 bits per heavy atom. The molecule has 1 aliphatic heterocycles. The molecule has 1 spiro atoms. The molecule has 1 aromatic rings. The van der Waals surface area contributed by atoms with Gasteiger partial charge in [0.1, 0.15) is 5.76 Å². The summed E-state index contributed by atoms with van der Waals surface area (Å²) in [5, 5.41) is 3.10. The van der Waals surface area contributed by atoms with E-state index in [1.54, 1.807) is 6.26 Å². The van der Waals surface area contributed by atoms with E-state index in [9.17, 15) is 4.79 Å². The fourth-order valence-corrected chi connectivity index (χ4v) is 3.49. The second-order valence-electron chi connectivity index (χ2n) is 5.54. The van der Waals surface area contributed by atoms with Crippen LogP contribution in [0.2, 0.25) is 0 Å². The molecular formula is C13H17NO2. The molecule has 1 atom stereocenters. The van der Waals surface area contributed by atoms with Gasteiger partial charge in [-0.3, -0.25) is 4.79 Å². The molecule has 0 saturated carbocycles. The van der Waals surface area contributed by atoms with Crippen molar-refractivity contribution in [3.05, 3.63) is 23.7 Å². The SMILES string of the molecule is CC1(C)NC(=O)CC12CCCc1occc12. The molecule has 3 heteroatoms. The first-order chi connectivity index (χ1) is 7.55. The van der Waals surface area contributed by atoms with Crippen molar-refractivity contribution in [2.75, 3.05) is 0 Å². The Labute approximate surface area is 95.2 Å². The van der Waals surface area contributed by atoms with Gasteiger partial charge in [0.15, 0.2) is 0 Å². The number of carbonyl (C=O) groups is 1. The first-order valence-electron chi connectivity index (χ1n) is 5.93. The van der Waals surface area contributed by atoms with Crippen molar-refractivity contribution in [2.24, 2.45) is 0 Å². The number of aryl methyl sites for hydroxylation is 1. The van der Waals surface area contributed by atoms with Gasteiger partial charge in [-0.15, -0.1) is 0 Å². The summed E-state index contributed by atoms with van der Waals surface area (Å²) in [5.74, 6) is 1.25. The Morgan fingerprint density at radius 2 is 2.25 bits per heavy atom. The van der Waals surface area contributed by atoms with Crippen LogP contribution < -0.4 is 5.32 Å². The molecule has 1 saturated heterocycles. The molecule has 3 rings (SSSR count). The smallest absolute Gasteiger partial charge is 0.221 e. The van der Waals surface area contributed by atoms with Crippen molar-refractivity contribution in [1.29, 1.82) is 0 Å². The van der Waals surface area contributed by atoms with Crippen LogP contribution >= 0.6 is 0 Å². The van der Waals surface area contributed by atoms with E-state index in [4.69, 9.17) is 4.42 Å². The lowest BCUT2D eigenvalue weighted by molar-refractivity contribution is -0.119. The molecule has 0 bridgehead atoms. The summed E-state index contributed by atoms with van der Waals surface area (Å²) < 4.78 is 5.53. The molecule has 1 unspecified atom stereocenters. The molecule has 86 valence electrons. The van der Waals surface area contributed by atoms with Crippen LogP contribution in [0.3, 0.4) is 0 Å². The minimum absolute atomic E-state index is 0.0509. The van der Waals surface area contributed by atoms with E-state index in [1.807, 2.05) is 0 Å². The monoisotopic (exact) mass is 219 g/mol. The molecule has 1 N–H and O–H groups in total. The average Bonchev–Trinajstić information content (AvgIpc) is 2.71. The largest absolute Gasteiger partial charge is 0.469 e. The van der Waals surface area contributed by atoms with Crippen molar-refractivity contribution in [1.82, 2.24) is 5.32 Å². The van der Waals surface area contributed by atoms with Crippen LogP contribution in [0.1, 0.15) is 44.4 Å². The summed E-state index contributed by atoms with van der Waals surface area (Å²) >= 11 is 0. The Morgan fingerprint density at radius 3 is 2.94 bits per heavy atom. The van der Waals surface area contributed by atoms with Gasteiger partial charge in [0.25, 0.3) is 0 Å². The first kappa shape index (κ1) is 9.94. The minimum atomic E-state index is -0.164. The molecular weight excluding hydrogens is 202 g/mol. The summed E-state index contributed by atoms with van der Waals surface area (Å²) in [7, 11) is 0. The van der Waals surface area contributed by atoms with E-state index in [-0.39, 0.29) is 16.9 Å². The molecule has 1 aromatic heterocycles. The number of furan rings is 1. The molecule has 1 amide bonds. The maximum atomic E-state index is 11.7. The number of hydrogen-bond acceptors (Lipinski definition) is 2. The summed E-state index contributed by atoms with van der Waals surface area (Å²) in [6, 6.07) is 2.05. The van der Waals surface area contributed by atoms with Gasteiger partial charge >= 0.3 is 0 Å². The van der Waals surface area contributed by atoms with E-state index >= 15 is 0 Å². The minimum Gasteiger partial charge on any atom is -0.469 e. The number of nitrogens with one attached hydrogen (secondary N) is 1. The Hall–Kier alpha value is -1.25. The van der Waals surface area contributed by atoms with E-state index < -0.39 is 0 Å². The summed E-state index contributed by atoms with van der Waals surface area (Å²) in [6.45, 7) is 4.25.